The van der Waals surface area contributed by atoms with Crippen LogP contribution >= 0.6 is 15.9 Å². The van der Waals surface area contributed by atoms with Gasteiger partial charge in [0.05, 0.1) is 4.60 Å². The van der Waals surface area contributed by atoms with Crippen LogP contribution in [-0.4, -0.2) is 17.4 Å². The molecule has 0 amide bonds. The van der Waals surface area contributed by atoms with Crippen molar-refractivity contribution in [1.29, 1.82) is 0 Å². The number of hydrogen-bond acceptors (Lipinski definition) is 3. The van der Waals surface area contributed by atoms with Gasteiger partial charge in [-0.25, -0.2) is 12.4 Å². The number of aromatic nitrogens is 2. The summed E-state index contributed by atoms with van der Waals surface area (Å²) in [6, 6.07) is 6.41. The molecule has 0 N–H and O–H groups in total. The predicted octanol–water partition coefficient (Wildman–Crippen LogP) is 1.88. The molecule has 4 nitrogen and oxygen atoms in total. The lowest BCUT2D eigenvalue weighted by Gasteiger charge is -2.05. The van der Waals surface area contributed by atoms with E-state index in [1.54, 1.807) is 18.2 Å². The molecule has 0 aliphatic carbocycles. The third-order valence-electron chi connectivity index (χ3n) is 1.86. The summed E-state index contributed by atoms with van der Waals surface area (Å²) in [5.41, 5.74) is 0. The molecule has 15 heavy (non-hydrogen) atoms. The van der Waals surface area contributed by atoms with Crippen molar-refractivity contribution in [3.8, 4) is 0 Å². The van der Waals surface area contributed by atoms with Crippen LogP contribution in [0, 0.1) is 0 Å². The third-order valence-corrected chi connectivity index (χ3v) is 4.41. The first-order valence-corrected chi connectivity index (χ1v) is 6.34. The van der Waals surface area contributed by atoms with E-state index >= 15 is 0 Å². The monoisotopic (exact) mass is 286 g/mol. The lowest BCUT2D eigenvalue weighted by Crippen LogP contribution is -2.12. The molecular weight excluding hydrogens is 280 g/mol. The average Bonchev–Trinajstić information content (AvgIpc) is 2.66. The van der Waals surface area contributed by atoms with Gasteiger partial charge in [0, 0.05) is 18.6 Å². The quantitative estimate of drug-likeness (QED) is 0.847. The Morgan fingerprint density at radius 3 is 2.60 bits per heavy atom. The largest absolute Gasteiger partial charge is 0.270 e. The molecule has 0 atom stereocenters. The molecule has 78 valence electrons. The number of rotatable bonds is 2. The fraction of sp³-hybridized carbons (Fsp3) is 0. The van der Waals surface area contributed by atoms with Crippen molar-refractivity contribution in [3.05, 3.63) is 47.5 Å². The van der Waals surface area contributed by atoms with Crippen molar-refractivity contribution in [2.24, 2.45) is 0 Å². The lowest BCUT2D eigenvalue weighted by molar-refractivity contribution is 0.586. The van der Waals surface area contributed by atoms with Gasteiger partial charge in [0.15, 0.2) is 0 Å². The SMILES string of the molecule is O=S(=O)(c1cccnc1)n1cccc1Br. The molecule has 0 aliphatic heterocycles. The first kappa shape index (κ1) is 10.4. The Bertz CT molecular complexity index is 563. The molecule has 2 rings (SSSR count). The van der Waals surface area contributed by atoms with Gasteiger partial charge in [0.1, 0.15) is 4.90 Å². The highest BCUT2D eigenvalue weighted by atomic mass is 79.9. The van der Waals surface area contributed by atoms with Gasteiger partial charge in [-0.1, -0.05) is 0 Å². The molecule has 2 heterocycles. The topological polar surface area (TPSA) is 52.0 Å². The smallest absolute Gasteiger partial charge is 0.263 e. The molecule has 0 aromatic carbocycles. The molecule has 2 aromatic rings. The van der Waals surface area contributed by atoms with E-state index in [1.807, 2.05) is 0 Å². The van der Waals surface area contributed by atoms with E-state index in [9.17, 15) is 8.42 Å². The van der Waals surface area contributed by atoms with E-state index in [0.717, 1.165) is 3.97 Å². The molecule has 6 heteroatoms. The van der Waals surface area contributed by atoms with E-state index in [4.69, 9.17) is 0 Å². The Kier molecular flexibility index (Phi) is 2.62. The van der Waals surface area contributed by atoms with Gasteiger partial charge in [-0.3, -0.25) is 4.98 Å². The highest BCUT2D eigenvalue weighted by molar-refractivity contribution is 9.10. The first-order valence-electron chi connectivity index (χ1n) is 4.11. The van der Waals surface area contributed by atoms with E-state index in [-0.39, 0.29) is 4.90 Å². The molecule has 0 spiro atoms. The fourth-order valence-corrected chi connectivity index (χ4v) is 3.19. The molecular formula is C9H7BrN2O2S. The van der Waals surface area contributed by atoms with Gasteiger partial charge in [-0.15, -0.1) is 0 Å². The van der Waals surface area contributed by atoms with Gasteiger partial charge in [-0.05, 0) is 40.2 Å². The molecule has 2 aromatic heterocycles. The molecule has 0 fully saturated rings. The summed E-state index contributed by atoms with van der Waals surface area (Å²) in [6.07, 6.45) is 4.33. The minimum absolute atomic E-state index is 0.168. The number of halogens is 1. The number of nitrogens with zero attached hydrogens (tertiary/aromatic N) is 2. The second-order valence-corrected chi connectivity index (χ2v) is 5.45. The van der Waals surface area contributed by atoms with E-state index < -0.39 is 10.0 Å². The Morgan fingerprint density at radius 1 is 1.27 bits per heavy atom. The maximum absolute atomic E-state index is 12.0. The van der Waals surface area contributed by atoms with Gasteiger partial charge < -0.3 is 0 Å². The van der Waals surface area contributed by atoms with Crippen molar-refractivity contribution in [3.63, 3.8) is 0 Å². The van der Waals surface area contributed by atoms with Crippen LogP contribution in [0.4, 0.5) is 0 Å². The summed E-state index contributed by atoms with van der Waals surface area (Å²) < 4.78 is 25.7. The minimum Gasteiger partial charge on any atom is -0.263 e. The van der Waals surface area contributed by atoms with Crippen LogP contribution in [0.2, 0.25) is 0 Å². The summed E-state index contributed by atoms with van der Waals surface area (Å²) in [7, 11) is -3.52. The van der Waals surface area contributed by atoms with E-state index in [1.165, 1.54) is 24.7 Å². The van der Waals surface area contributed by atoms with Gasteiger partial charge in [0.25, 0.3) is 10.0 Å². The maximum Gasteiger partial charge on any atom is 0.270 e. The Labute approximate surface area is 95.8 Å². The van der Waals surface area contributed by atoms with Gasteiger partial charge in [0.2, 0.25) is 0 Å². The van der Waals surface area contributed by atoms with Crippen LogP contribution in [0.15, 0.2) is 52.4 Å². The Balaban J connectivity index is 2.60. The van der Waals surface area contributed by atoms with Gasteiger partial charge in [-0.2, -0.15) is 0 Å². The van der Waals surface area contributed by atoms with Crippen molar-refractivity contribution >= 4 is 26.0 Å². The highest BCUT2D eigenvalue weighted by Crippen LogP contribution is 2.18. The molecule has 0 saturated heterocycles. The summed E-state index contributed by atoms with van der Waals surface area (Å²) >= 11 is 3.16. The lowest BCUT2D eigenvalue weighted by atomic mass is 10.5. The minimum atomic E-state index is -3.52. The Morgan fingerprint density at radius 2 is 2.07 bits per heavy atom. The average molecular weight is 287 g/mol. The van der Waals surface area contributed by atoms with Crippen molar-refractivity contribution in [2.45, 2.75) is 4.90 Å². The van der Waals surface area contributed by atoms with Crippen molar-refractivity contribution in [2.75, 3.05) is 0 Å². The fourth-order valence-electron chi connectivity index (χ4n) is 1.15. The highest BCUT2D eigenvalue weighted by Gasteiger charge is 2.17. The van der Waals surface area contributed by atoms with Crippen molar-refractivity contribution < 1.29 is 8.42 Å². The van der Waals surface area contributed by atoms with E-state index in [0.29, 0.717) is 4.60 Å². The second kappa shape index (κ2) is 3.79. The zero-order valence-electron chi connectivity index (χ0n) is 7.54. The normalized spacial score (nSPS) is 11.5. The van der Waals surface area contributed by atoms with Crippen LogP contribution in [0.5, 0.6) is 0 Å². The predicted molar refractivity (Wildman–Crippen MR) is 59.0 cm³/mol. The number of pyridine rings is 1. The molecule has 0 unspecified atom stereocenters. The summed E-state index contributed by atoms with van der Waals surface area (Å²) in [6.45, 7) is 0. The number of hydrogen-bond donors (Lipinski definition) is 0. The third kappa shape index (κ3) is 1.82. The standard InChI is InChI=1S/C9H7BrN2O2S/c10-9-4-2-6-12(9)15(13,14)8-3-1-5-11-7-8/h1-7H. The second-order valence-electron chi connectivity index (χ2n) is 2.82. The zero-order chi connectivity index (χ0) is 10.9. The first-order chi connectivity index (χ1) is 7.12. The van der Waals surface area contributed by atoms with Crippen LogP contribution in [0.25, 0.3) is 0 Å². The van der Waals surface area contributed by atoms with E-state index in [2.05, 4.69) is 20.9 Å². The maximum atomic E-state index is 12.0. The van der Waals surface area contributed by atoms with Gasteiger partial charge >= 0.3 is 0 Å². The van der Waals surface area contributed by atoms with Crippen LogP contribution in [-0.2, 0) is 10.0 Å². The summed E-state index contributed by atoms with van der Waals surface area (Å²) in [5.74, 6) is 0. The van der Waals surface area contributed by atoms with Crippen LogP contribution < -0.4 is 0 Å². The molecule has 0 aliphatic rings. The molecule has 0 saturated carbocycles. The Hall–Kier alpha value is -1.14. The summed E-state index contributed by atoms with van der Waals surface area (Å²) in [4.78, 5) is 3.95. The zero-order valence-corrected chi connectivity index (χ0v) is 9.94. The van der Waals surface area contributed by atoms with Crippen LogP contribution in [0.1, 0.15) is 0 Å². The molecule has 0 radical (unpaired) electrons. The van der Waals surface area contributed by atoms with Crippen LogP contribution in [0.3, 0.4) is 0 Å². The molecule has 0 bridgehead atoms. The van der Waals surface area contributed by atoms with Crippen molar-refractivity contribution in [1.82, 2.24) is 8.96 Å². The summed E-state index contributed by atoms with van der Waals surface area (Å²) in [5, 5.41) is 0.